The van der Waals surface area contributed by atoms with E-state index in [-0.39, 0.29) is 24.4 Å². The van der Waals surface area contributed by atoms with Crippen LogP contribution in [0.1, 0.15) is 41.5 Å². The van der Waals surface area contributed by atoms with Gasteiger partial charge >= 0.3 is 5.97 Å². The zero-order chi connectivity index (χ0) is 17.7. The molecular formula is C18H29O4P. The molecule has 0 amide bonds. The minimum Gasteiger partial charge on any atom is -0.465 e. The fourth-order valence-electron chi connectivity index (χ4n) is 1.95. The fourth-order valence-corrected chi connectivity index (χ4v) is 4.24. The molecule has 0 aromatic heterocycles. The molecule has 0 spiro atoms. The smallest absolute Gasteiger partial charge is 0.308 e. The summed E-state index contributed by atoms with van der Waals surface area (Å²) in [6.45, 7) is 11.5. The maximum atomic E-state index is 13.4. The van der Waals surface area contributed by atoms with Crippen molar-refractivity contribution in [1.29, 1.82) is 0 Å². The second-order valence-corrected chi connectivity index (χ2v) is 10.6. The third kappa shape index (κ3) is 6.02. The van der Waals surface area contributed by atoms with Crippen LogP contribution in [-0.4, -0.2) is 23.9 Å². The standard InChI is InChI=1S/C18H29O4P/c1-14(2)17(19)21-12-15(3)13-23(20,18(4,5)6)22-16-10-8-7-9-11-16/h7-11,14-15H,12-13H2,1-6H3/t15-,23+/m0/s1. The van der Waals surface area contributed by atoms with E-state index in [1.165, 1.54) is 0 Å². The van der Waals surface area contributed by atoms with Crippen molar-refractivity contribution in [3.63, 3.8) is 0 Å². The minimum absolute atomic E-state index is 0.0357. The molecule has 0 radical (unpaired) electrons. The fraction of sp³-hybridized carbons (Fsp3) is 0.611. The van der Waals surface area contributed by atoms with Crippen LogP contribution in [0.5, 0.6) is 5.75 Å². The third-order valence-electron chi connectivity index (χ3n) is 3.55. The van der Waals surface area contributed by atoms with E-state index in [0.29, 0.717) is 11.9 Å². The Hall–Kier alpha value is -1.28. The molecule has 0 aliphatic heterocycles. The van der Waals surface area contributed by atoms with Gasteiger partial charge in [-0.15, -0.1) is 0 Å². The van der Waals surface area contributed by atoms with Gasteiger partial charge in [0.15, 0.2) is 0 Å². The van der Waals surface area contributed by atoms with E-state index in [2.05, 4.69) is 0 Å². The summed E-state index contributed by atoms with van der Waals surface area (Å²) >= 11 is 0. The molecule has 0 unspecified atom stereocenters. The Morgan fingerprint density at radius 1 is 1.13 bits per heavy atom. The van der Waals surface area contributed by atoms with Gasteiger partial charge in [-0.05, 0) is 12.1 Å². The monoisotopic (exact) mass is 340 g/mol. The number of hydrogen-bond acceptors (Lipinski definition) is 4. The number of hydrogen-bond donors (Lipinski definition) is 0. The minimum atomic E-state index is -2.96. The lowest BCUT2D eigenvalue weighted by atomic mass is 10.2. The van der Waals surface area contributed by atoms with Gasteiger partial charge in [-0.2, -0.15) is 0 Å². The van der Waals surface area contributed by atoms with E-state index in [9.17, 15) is 9.36 Å². The topological polar surface area (TPSA) is 52.6 Å². The highest BCUT2D eigenvalue weighted by Gasteiger charge is 2.40. The number of rotatable bonds is 7. The van der Waals surface area contributed by atoms with Gasteiger partial charge in [-0.3, -0.25) is 9.36 Å². The SMILES string of the molecule is CC(C)C(=O)OC[C@H](C)C[P@@](=O)(Oc1ccccc1)C(C)(C)C. The summed E-state index contributed by atoms with van der Waals surface area (Å²) < 4.78 is 24.6. The summed E-state index contributed by atoms with van der Waals surface area (Å²) in [5, 5.41) is -0.487. The van der Waals surface area contributed by atoms with E-state index in [1.807, 2.05) is 58.0 Å². The van der Waals surface area contributed by atoms with E-state index in [0.717, 1.165) is 0 Å². The normalized spacial score (nSPS) is 15.8. The second-order valence-electron chi connectivity index (χ2n) is 7.32. The first-order valence-corrected chi connectivity index (χ1v) is 9.86. The Balaban J connectivity index is 2.79. The first kappa shape index (κ1) is 19.8. The Bertz CT molecular complexity index is 546. The first-order valence-electron chi connectivity index (χ1n) is 8.05. The van der Waals surface area contributed by atoms with Crippen LogP contribution in [0.25, 0.3) is 0 Å². The van der Waals surface area contributed by atoms with Gasteiger partial charge < -0.3 is 9.26 Å². The molecule has 0 aliphatic rings. The zero-order valence-electron chi connectivity index (χ0n) is 15.0. The van der Waals surface area contributed by atoms with Crippen LogP contribution in [0.15, 0.2) is 30.3 Å². The summed E-state index contributed by atoms with van der Waals surface area (Å²) in [5.74, 6) is 0.187. The van der Waals surface area contributed by atoms with Crippen molar-refractivity contribution in [1.82, 2.24) is 0 Å². The molecule has 5 heteroatoms. The maximum Gasteiger partial charge on any atom is 0.308 e. The summed E-state index contributed by atoms with van der Waals surface area (Å²) in [5.41, 5.74) is 0. The van der Waals surface area contributed by atoms with Crippen LogP contribution < -0.4 is 4.52 Å². The van der Waals surface area contributed by atoms with Crippen molar-refractivity contribution < 1.29 is 18.6 Å². The average Bonchev–Trinajstić information content (AvgIpc) is 2.44. The van der Waals surface area contributed by atoms with Gasteiger partial charge in [-0.1, -0.05) is 59.7 Å². The number of esters is 1. The molecule has 0 saturated heterocycles. The first-order chi connectivity index (χ1) is 10.5. The van der Waals surface area contributed by atoms with Gasteiger partial charge in [0.1, 0.15) is 5.75 Å². The molecule has 4 nitrogen and oxygen atoms in total. The molecule has 1 aromatic rings. The van der Waals surface area contributed by atoms with Crippen LogP contribution >= 0.6 is 7.37 Å². The van der Waals surface area contributed by atoms with Crippen LogP contribution in [-0.2, 0) is 14.1 Å². The van der Waals surface area contributed by atoms with Crippen molar-refractivity contribution in [2.45, 2.75) is 46.7 Å². The van der Waals surface area contributed by atoms with Gasteiger partial charge in [0.25, 0.3) is 7.37 Å². The molecule has 0 bridgehead atoms. The quantitative estimate of drug-likeness (QED) is 0.519. The Morgan fingerprint density at radius 2 is 1.70 bits per heavy atom. The summed E-state index contributed by atoms with van der Waals surface area (Å²) in [6, 6.07) is 9.22. The van der Waals surface area contributed by atoms with Gasteiger partial charge in [0.05, 0.1) is 12.5 Å². The van der Waals surface area contributed by atoms with Crippen LogP contribution in [0, 0.1) is 11.8 Å². The number of carbonyl (C=O) groups excluding carboxylic acids is 1. The summed E-state index contributed by atoms with van der Waals surface area (Å²) in [7, 11) is -2.96. The van der Waals surface area contributed by atoms with Gasteiger partial charge in [-0.25, -0.2) is 0 Å². The predicted octanol–water partition coefficient (Wildman–Crippen LogP) is 4.98. The van der Waals surface area contributed by atoms with Crippen LogP contribution in [0.3, 0.4) is 0 Å². The molecule has 130 valence electrons. The molecular weight excluding hydrogens is 311 g/mol. The van der Waals surface area contributed by atoms with Gasteiger partial charge in [0, 0.05) is 17.2 Å². The van der Waals surface area contributed by atoms with Crippen LogP contribution in [0.4, 0.5) is 0 Å². The van der Waals surface area contributed by atoms with E-state index >= 15 is 0 Å². The Kier molecular flexibility index (Phi) is 6.88. The molecule has 2 atom stereocenters. The van der Waals surface area contributed by atoms with Crippen LogP contribution in [0.2, 0.25) is 0 Å². The lowest BCUT2D eigenvalue weighted by Gasteiger charge is -2.33. The molecule has 0 saturated carbocycles. The molecule has 23 heavy (non-hydrogen) atoms. The molecule has 0 aliphatic carbocycles. The van der Waals surface area contributed by atoms with Crippen molar-refractivity contribution >= 4 is 13.3 Å². The average molecular weight is 340 g/mol. The molecule has 1 rings (SSSR count). The number of carbonyl (C=O) groups is 1. The van der Waals surface area contributed by atoms with E-state index < -0.39 is 12.5 Å². The molecule has 0 N–H and O–H groups in total. The summed E-state index contributed by atoms with van der Waals surface area (Å²) in [4.78, 5) is 11.6. The molecule has 0 fully saturated rings. The number of ether oxygens (including phenoxy) is 1. The summed E-state index contributed by atoms with van der Waals surface area (Å²) in [6.07, 6.45) is 0.372. The lowest BCUT2D eigenvalue weighted by Crippen LogP contribution is -2.26. The molecule has 0 heterocycles. The molecule has 1 aromatic carbocycles. The zero-order valence-corrected chi connectivity index (χ0v) is 15.9. The predicted molar refractivity (Wildman–Crippen MR) is 94.3 cm³/mol. The largest absolute Gasteiger partial charge is 0.465 e. The highest BCUT2D eigenvalue weighted by Crippen LogP contribution is 2.59. The Morgan fingerprint density at radius 3 is 2.17 bits per heavy atom. The highest BCUT2D eigenvalue weighted by atomic mass is 31.2. The van der Waals surface area contributed by atoms with Crippen molar-refractivity contribution in [2.24, 2.45) is 11.8 Å². The number of para-hydroxylation sites is 1. The van der Waals surface area contributed by atoms with E-state index in [1.54, 1.807) is 13.8 Å². The third-order valence-corrected chi connectivity index (χ3v) is 7.21. The number of benzene rings is 1. The highest BCUT2D eigenvalue weighted by molar-refractivity contribution is 7.61. The van der Waals surface area contributed by atoms with Gasteiger partial charge in [0.2, 0.25) is 0 Å². The van der Waals surface area contributed by atoms with Crippen molar-refractivity contribution in [3.8, 4) is 5.75 Å². The maximum absolute atomic E-state index is 13.4. The Labute approximate surface area is 140 Å². The van der Waals surface area contributed by atoms with Crippen molar-refractivity contribution in [2.75, 3.05) is 12.8 Å². The van der Waals surface area contributed by atoms with Crippen molar-refractivity contribution in [3.05, 3.63) is 30.3 Å². The lowest BCUT2D eigenvalue weighted by molar-refractivity contribution is -0.148. The second kappa shape index (κ2) is 8.01. The van der Waals surface area contributed by atoms with E-state index in [4.69, 9.17) is 9.26 Å².